The number of hydrogen-bond acceptors (Lipinski definition) is 3. The van der Waals surface area contributed by atoms with Crippen LogP contribution in [0.3, 0.4) is 0 Å². The molecule has 0 saturated heterocycles. The minimum Gasteiger partial charge on any atom is -0.469 e. The van der Waals surface area contributed by atoms with Gasteiger partial charge in [-0.25, -0.2) is 0 Å². The average Bonchev–Trinajstić information content (AvgIpc) is 2.20. The van der Waals surface area contributed by atoms with Crippen molar-refractivity contribution < 1.29 is 9.53 Å². The number of nitrogens with one attached hydrogen (secondary N) is 1. The van der Waals surface area contributed by atoms with Gasteiger partial charge in [0.2, 0.25) is 0 Å². The highest BCUT2D eigenvalue weighted by Crippen LogP contribution is 2.45. The molecule has 106 valence electrons. The van der Waals surface area contributed by atoms with Gasteiger partial charge >= 0.3 is 5.97 Å². The van der Waals surface area contributed by atoms with Gasteiger partial charge in [0.05, 0.1) is 13.0 Å². The van der Waals surface area contributed by atoms with Gasteiger partial charge in [0.1, 0.15) is 0 Å². The van der Waals surface area contributed by atoms with E-state index in [1.807, 2.05) is 6.92 Å². The molecule has 0 aliphatic heterocycles. The molecule has 0 aromatic heterocycles. The van der Waals surface area contributed by atoms with Crippen LogP contribution >= 0.6 is 0 Å². The first-order valence-corrected chi connectivity index (χ1v) is 6.96. The van der Waals surface area contributed by atoms with Gasteiger partial charge < -0.3 is 10.1 Å². The molecule has 3 heteroatoms. The van der Waals surface area contributed by atoms with Crippen LogP contribution in [0.5, 0.6) is 0 Å². The Bertz CT molecular complexity index is 281. The van der Waals surface area contributed by atoms with Crippen LogP contribution in [0.15, 0.2) is 0 Å². The Morgan fingerprint density at radius 3 is 2.22 bits per heavy atom. The number of ether oxygens (including phenoxy) is 1. The van der Waals surface area contributed by atoms with Gasteiger partial charge in [0, 0.05) is 12.6 Å². The van der Waals surface area contributed by atoms with E-state index in [2.05, 4.69) is 33.0 Å². The Balaban J connectivity index is 2.49. The lowest BCUT2D eigenvalue weighted by Gasteiger charge is -2.45. The summed E-state index contributed by atoms with van der Waals surface area (Å²) in [5.41, 5.74) is 0.766. The normalized spacial score (nSPS) is 24.6. The maximum Gasteiger partial charge on any atom is 0.309 e. The lowest BCUT2D eigenvalue weighted by molar-refractivity contribution is -0.144. The molecule has 1 N–H and O–H groups in total. The Morgan fingerprint density at radius 2 is 1.78 bits per heavy atom. The quantitative estimate of drug-likeness (QED) is 0.785. The van der Waals surface area contributed by atoms with E-state index in [9.17, 15) is 4.79 Å². The van der Waals surface area contributed by atoms with Crippen molar-refractivity contribution in [3.63, 3.8) is 0 Å². The molecular formula is C15H29NO2. The van der Waals surface area contributed by atoms with Crippen LogP contribution in [-0.2, 0) is 9.53 Å². The van der Waals surface area contributed by atoms with Gasteiger partial charge in [-0.3, -0.25) is 4.79 Å². The van der Waals surface area contributed by atoms with E-state index in [0.717, 1.165) is 0 Å². The first-order valence-electron chi connectivity index (χ1n) is 6.96. The largest absolute Gasteiger partial charge is 0.469 e. The van der Waals surface area contributed by atoms with E-state index in [4.69, 9.17) is 4.74 Å². The minimum atomic E-state index is -0.128. The molecule has 1 unspecified atom stereocenters. The third kappa shape index (κ3) is 4.60. The van der Waals surface area contributed by atoms with Crippen LogP contribution in [0.25, 0.3) is 0 Å². The molecule has 0 amide bonds. The zero-order valence-corrected chi connectivity index (χ0v) is 12.8. The highest BCUT2D eigenvalue weighted by Gasteiger charge is 2.38. The molecular weight excluding hydrogens is 226 g/mol. The molecule has 0 aromatic rings. The third-order valence-electron chi connectivity index (χ3n) is 3.87. The van der Waals surface area contributed by atoms with Crippen molar-refractivity contribution in [1.82, 2.24) is 5.32 Å². The van der Waals surface area contributed by atoms with Gasteiger partial charge in [-0.1, -0.05) is 34.6 Å². The van der Waals surface area contributed by atoms with Gasteiger partial charge in [-0.2, -0.15) is 0 Å². The minimum absolute atomic E-state index is 0.0665. The Morgan fingerprint density at radius 1 is 1.28 bits per heavy atom. The fourth-order valence-electron chi connectivity index (χ4n) is 3.62. The second-order valence-corrected chi connectivity index (χ2v) is 7.44. The Kier molecular flexibility index (Phi) is 4.82. The smallest absolute Gasteiger partial charge is 0.309 e. The summed E-state index contributed by atoms with van der Waals surface area (Å²) in [5.74, 6) is -0.194. The molecule has 1 atom stereocenters. The van der Waals surface area contributed by atoms with Crippen LogP contribution in [-0.4, -0.2) is 25.7 Å². The summed E-state index contributed by atoms with van der Waals surface area (Å²) in [6, 6.07) is 0.510. The number of methoxy groups -OCH3 is 1. The number of carbonyl (C=O) groups excluding carboxylic acids is 1. The van der Waals surface area contributed by atoms with Crippen molar-refractivity contribution in [1.29, 1.82) is 0 Å². The zero-order valence-electron chi connectivity index (χ0n) is 12.8. The first kappa shape index (κ1) is 15.5. The van der Waals surface area contributed by atoms with Crippen LogP contribution in [0.4, 0.5) is 0 Å². The fourth-order valence-corrected chi connectivity index (χ4v) is 3.62. The standard InChI is InChI=1S/C15H29NO2/c1-11(13(17)18-6)9-16-12-7-14(2,3)10-15(4,5)8-12/h11-12,16H,7-10H2,1-6H3. The van der Waals surface area contributed by atoms with Crippen molar-refractivity contribution in [3.05, 3.63) is 0 Å². The molecule has 1 rings (SSSR count). The maximum absolute atomic E-state index is 11.4. The van der Waals surface area contributed by atoms with Gasteiger partial charge in [-0.05, 0) is 30.1 Å². The van der Waals surface area contributed by atoms with Crippen LogP contribution in [0, 0.1) is 16.7 Å². The zero-order chi connectivity index (χ0) is 14.0. The predicted octanol–water partition coefficient (Wildman–Crippen LogP) is 2.99. The summed E-state index contributed by atoms with van der Waals surface area (Å²) >= 11 is 0. The summed E-state index contributed by atoms with van der Waals surface area (Å²) in [6.07, 6.45) is 3.64. The van der Waals surface area contributed by atoms with E-state index < -0.39 is 0 Å². The lowest BCUT2D eigenvalue weighted by atomic mass is 9.63. The molecule has 1 aliphatic carbocycles. The maximum atomic E-state index is 11.4. The Labute approximate surface area is 112 Å². The molecule has 1 aliphatic rings. The molecule has 0 radical (unpaired) electrons. The summed E-state index contributed by atoms with van der Waals surface area (Å²) in [4.78, 5) is 11.4. The summed E-state index contributed by atoms with van der Waals surface area (Å²) in [7, 11) is 1.45. The second kappa shape index (κ2) is 5.60. The molecule has 3 nitrogen and oxygen atoms in total. The third-order valence-corrected chi connectivity index (χ3v) is 3.87. The number of rotatable bonds is 4. The number of esters is 1. The fraction of sp³-hybridized carbons (Fsp3) is 0.933. The van der Waals surface area contributed by atoms with Crippen molar-refractivity contribution in [2.45, 2.75) is 59.9 Å². The van der Waals surface area contributed by atoms with Crippen molar-refractivity contribution in [2.24, 2.45) is 16.7 Å². The van der Waals surface area contributed by atoms with E-state index >= 15 is 0 Å². The summed E-state index contributed by atoms with van der Waals surface area (Å²) < 4.78 is 4.75. The molecule has 0 heterocycles. The molecule has 1 saturated carbocycles. The highest BCUT2D eigenvalue weighted by atomic mass is 16.5. The van der Waals surface area contributed by atoms with E-state index in [1.54, 1.807) is 0 Å². The molecule has 0 aromatic carbocycles. The predicted molar refractivity (Wildman–Crippen MR) is 74.4 cm³/mol. The van der Waals surface area contributed by atoms with E-state index in [0.29, 0.717) is 23.4 Å². The van der Waals surface area contributed by atoms with Crippen LogP contribution in [0.2, 0.25) is 0 Å². The lowest BCUT2D eigenvalue weighted by Crippen LogP contribution is -2.45. The Hall–Kier alpha value is -0.570. The van der Waals surface area contributed by atoms with Gasteiger partial charge in [0.15, 0.2) is 0 Å². The topological polar surface area (TPSA) is 38.3 Å². The molecule has 0 spiro atoms. The van der Waals surface area contributed by atoms with Gasteiger partial charge in [-0.15, -0.1) is 0 Å². The van der Waals surface area contributed by atoms with E-state index in [-0.39, 0.29) is 11.9 Å². The molecule has 1 fully saturated rings. The SMILES string of the molecule is COC(=O)C(C)CNC1CC(C)(C)CC(C)(C)C1. The van der Waals surface area contributed by atoms with Crippen molar-refractivity contribution >= 4 is 5.97 Å². The first-order chi connectivity index (χ1) is 8.15. The number of carbonyl (C=O) groups is 1. The van der Waals surface area contributed by atoms with Gasteiger partial charge in [0.25, 0.3) is 0 Å². The monoisotopic (exact) mass is 255 g/mol. The van der Waals surface area contributed by atoms with Crippen molar-refractivity contribution in [3.8, 4) is 0 Å². The molecule has 18 heavy (non-hydrogen) atoms. The second-order valence-electron chi connectivity index (χ2n) is 7.44. The van der Waals surface area contributed by atoms with Crippen molar-refractivity contribution in [2.75, 3.05) is 13.7 Å². The molecule has 0 bridgehead atoms. The summed E-state index contributed by atoms with van der Waals surface area (Å²) in [5, 5.41) is 3.55. The van der Waals surface area contributed by atoms with Crippen LogP contribution in [0.1, 0.15) is 53.9 Å². The highest BCUT2D eigenvalue weighted by molar-refractivity contribution is 5.72. The van der Waals surface area contributed by atoms with Crippen LogP contribution < -0.4 is 5.32 Å². The summed E-state index contributed by atoms with van der Waals surface area (Å²) in [6.45, 7) is 12.0. The average molecular weight is 255 g/mol. The van der Waals surface area contributed by atoms with E-state index in [1.165, 1.54) is 26.4 Å². The number of hydrogen-bond donors (Lipinski definition) is 1.